The zero-order valence-electron chi connectivity index (χ0n) is 14.8. The molecule has 0 aromatic heterocycles. The Morgan fingerprint density at radius 1 is 1.04 bits per heavy atom. The van der Waals surface area contributed by atoms with Gasteiger partial charge in [-0.15, -0.1) is 0 Å². The van der Waals surface area contributed by atoms with Crippen molar-refractivity contribution in [1.29, 1.82) is 0 Å². The van der Waals surface area contributed by atoms with Gasteiger partial charge in [0.25, 0.3) is 0 Å². The van der Waals surface area contributed by atoms with Gasteiger partial charge in [-0.1, -0.05) is 20.3 Å². The summed E-state index contributed by atoms with van der Waals surface area (Å²) in [4.78, 5) is 24.7. The fraction of sp³-hybridized carbons (Fsp3) is 0.900. The summed E-state index contributed by atoms with van der Waals surface area (Å²) in [5.41, 5.74) is -0.357. The predicted molar refractivity (Wildman–Crippen MR) is 87.9 cm³/mol. The summed E-state index contributed by atoms with van der Waals surface area (Å²) < 4.78 is 0. The monoisotopic (exact) mass is 318 g/mol. The number of carboxylic acids is 1. The number of carbonyl (C=O) groups excluding carboxylic acids is 1. The molecule has 6 atom stereocenters. The van der Waals surface area contributed by atoms with E-state index in [1.54, 1.807) is 0 Å². The molecule has 4 aliphatic rings. The number of carbonyl (C=O) groups is 2. The number of carboxylic acid groups (broad SMARTS) is 1. The zero-order valence-corrected chi connectivity index (χ0v) is 14.8. The van der Waals surface area contributed by atoms with E-state index in [2.05, 4.69) is 13.8 Å². The molecule has 3 nitrogen and oxygen atoms in total. The van der Waals surface area contributed by atoms with Crippen molar-refractivity contribution in [2.45, 2.75) is 78.6 Å². The summed E-state index contributed by atoms with van der Waals surface area (Å²) in [5.74, 6) is 0.704. The third-order valence-corrected chi connectivity index (χ3v) is 8.84. The molecule has 3 heteroatoms. The second-order valence-electron chi connectivity index (χ2n) is 9.96. The Labute approximate surface area is 139 Å². The molecule has 0 saturated heterocycles. The van der Waals surface area contributed by atoms with Crippen LogP contribution in [0.2, 0.25) is 0 Å². The maximum Gasteiger partial charge on any atom is 0.309 e. The Balaban J connectivity index is 1.76. The Bertz CT molecular complexity index is 583. The van der Waals surface area contributed by atoms with Gasteiger partial charge in [0.15, 0.2) is 0 Å². The van der Waals surface area contributed by atoms with Gasteiger partial charge in [0.05, 0.1) is 5.41 Å². The lowest BCUT2D eigenvalue weighted by atomic mass is 9.40. The number of rotatable bonds is 1. The Morgan fingerprint density at radius 3 is 2.43 bits per heavy atom. The van der Waals surface area contributed by atoms with Crippen LogP contribution in [0.3, 0.4) is 0 Å². The molecule has 0 aromatic carbocycles. The molecular formula is C20H30O3. The van der Waals surface area contributed by atoms with Crippen LogP contribution in [-0.4, -0.2) is 16.9 Å². The predicted octanol–water partition coefficient (Wildman–Crippen LogP) is 4.44. The van der Waals surface area contributed by atoms with Crippen molar-refractivity contribution in [3.8, 4) is 0 Å². The summed E-state index contributed by atoms with van der Waals surface area (Å²) in [5, 5.41) is 9.91. The van der Waals surface area contributed by atoms with E-state index >= 15 is 0 Å². The van der Waals surface area contributed by atoms with E-state index in [0.717, 1.165) is 57.8 Å². The van der Waals surface area contributed by atoms with Gasteiger partial charge in [0.1, 0.15) is 5.78 Å². The van der Waals surface area contributed by atoms with Crippen LogP contribution in [0.1, 0.15) is 78.6 Å². The van der Waals surface area contributed by atoms with Gasteiger partial charge < -0.3 is 5.11 Å². The Morgan fingerprint density at radius 2 is 1.74 bits per heavy atom. The molecule has 1 N–H and O–H groups in total. The highest BCUT2D eigenvalue weighted by atomic mass is 16.4. The lowest BCUT2D eigenvalue weighted by Gasteiger charge is -2.63. The van der Waals surface area contributed by atoms with Crippen molar-refractivity contribution in [2.24, 2.45) is 33.5 Å². The average Bonchev–Trinajstić information content (AvgIpc) is 2.63. The quantitative estimate of drug-likeness (QED) is 0.777. The summed E-state index contributed by atoms with van der Waals surface area (Å²) in [7, 11) is 0. The first-order valence-corrected chi connectivity index (χ1v) is 9.43. The smallest absolute Gasteiger partial charge is 0.309 e. The molecule has 0 radical (unpaired) electrons. The van der Waals surface area contributed by atoms with Gasteiger partial charge in [0, 0.05) is 11.8 Å². The van der Waals surface area contributed by atoms with Crippen molar-refractivity contribution in [2.75, 3.05) is 0 Å². The van der Waals surface area contributed by atoms with Crippen LogP contribution in [0.25, 0.3) is 0 Å². The first-order valence-electron chi connectivity index (χ1n) is 9.43. The minimum atomic E-state index is -0.604. The topological polar surface area (TPSA) is 54.4 Å². The molecular weight excluding hydrogens is 288 g/mol. The second kappa shape index (κ2) is 4.40. The van der Waals surface area contributed by atoms with Crippen LogP contribution < -0.4 is 0 Å². The fourth-order valence-electron chi connectivity index (χ4n) is 7.76. The largest absolute Gasteiger partial charge is 0.481 e. The molecule has 4 saturated carbocycles. The molecule has 0 unspecified atom stereocenters. The average molecular weight is 318 g/mol. The molecule has 4 rings (SSSR count). The Kier molecular flexibility index (Phi) is 3.00. The first kappa shape index (κ1) is 15.7. The molecule has 23 heavy (non-hydrogen) atoms. The molecule has 0 aromatic rings. The Hall–Kier alpha value is -0.860. The molecule has 4 fully saturated rings. The lowest BCUT2D eigenvalue weighted by molar-refractivity contribution is -0.182. The molecule has 0 heterocycles. The summed E-state index contributed by atoms with van der Waals surface area (Å²) in [6, 6.07) is 0. The van der Waals surface area contributed by atoms with Crippen LogP contribution in [0.15, 0.2) is 0 Å². The van der Waals surface area contributed by atoms with Crippen LogP contribution in [0.5, 0.6) is 0 Å². The van der Waals surface area contributed by atoms with Gasteiger partial charge in [-0.2, -0.15) is 0 Å². The van der Waals surface area contributed by atoms with E-state index in [0.29, 0.717) is 11.7 Å². The summed E-state index contributed by atoms with van der Waals surface area (Å²) >= 11 is 0. The lowest BCUT2D eigenvalue weighted by Crippen LogP contribution is -2.58. The van der Waals surface area contributed by atoms with E-state index in [9.17, 15) is 14.7 Å². The van der Waals surface area contributed by atoms with Gasteiger partial charge in [0.2, 0.25) is 0 Å². The third kappa shape index (κ3) is 1.77. The zero-order chi connectivity index (χ0) is 16.7. The molecule has 1 spiro atoms. The number of hydrogen-bond acceptors (Lipinski definition) is 2. The van der Waals surface area contributed by atoms with Crippen molar-refractivity contribution in [1.82, 2.24) is 0 Å². The van der Waals surface area contributed by atoms with Gasteiger partial charge in [-0.3, -0.25) is 9.59 Å². The molecule has 0 aliphatic heterocycles. The summed E-state index contributed by atoms with van der Waals surface area (Å²) in [6.45, 7) is 6.54. The molecule has 128 valence electrons. The highest BCUT2D eigenvalue weighted by Gasteiger charge is 2.68. The minimum Gasteiger partial charge on any atom is -0.481 e. The SMILES string of the molecule is C[C@]12CC[C@H]3[C@@](CC[C@@H]4[C@@]3(C)CCC[C@@]4(C)C(=O)O)(CC1=O)C2. The molecule has 2 bridgehead atoms. The molecule has 4 aliphatic carbocycles. The third-order valence-electron chi connectivity index (χ3n) is 8.84. The maximum atomic E-state index is 12.6. The molecule has 0 amide bonds. The minimum absolute atomic E-state index is 0.0789. The van der Waals surface area contributed by atoms with Crippen LogP contribution in [0.4, 0.5) is 0 Å². The number of Topliss-reactive ketones (excluding diaryl/α,β-unsaturated/α-hetero) is 1. The van der Waals surface area contributed by atoms with E-state index in [1.807, 2.05) is 6.92 Å². The van der Waals surface area contributed by atoms with Crippen molar-refractivity contribution < 1.29 is 14.7 Å². The van der Waals surface area contributed by atoms with Gasteiger partial charge in [-0.25, -0.2) is 0 Å². The van der Waals surface area contributed by atoms with Crippen LogP contribution in [0, 0.1) is 33.5 Å². The standard InChI is InChI=1S/C20H30O3/c1-17-9-5-14-18(2)7-4-8-19(3,16(22)23)13(18)6-10-20(14,12-17)11-15(17)21/h13-14H,4-12H2,1-3H3,(H,22,23)/t13-,14-,17-,18-,19-,20+/m1/s1. The van der Waals surface area contributed by atoms with Gasteiger partial charge in [-0.05, 0) is 74.5 Å². The van der Waals surface area contributed by atoms with E-state index in [4.69, 9.17) is 0 Å². The van der Waals surface area contributed by atoms with E-state index in [1.165, 1.54) is 0 Å². The fourth-order valence-corrected chi connectivity index (χ4v) is 7.76. The highest BCUT2D eigenvalue weighted by molar-refractivity contribution is 5.88. The maximum absolute atomic E-state index is 12.6. The normalized spacial score (nSPS) is 55.2. The number of fused-ring (bicyclic) bond motifs is 3. The second-order valence-corrected chi connectivity index (χ2v) is 9.96. The van der Waals surface area contributed by atoms with E-state index < -0.39 is 11.4 Å². The highest BCUT2D eigenvalue weighted by Crippen LogP contribution is 2.72. The van der Waals surface area contributed by atoms with Crippen LogP contribution >= 0.6 is 0 Å². The van der Waals surface area contributed by atoms with E-state index in [-0.39, 0.29) is 22.2 Å². The van der Waals surface area contributed by atoms with Gasteiger partial charge >= 0.3 is 5.97 Å². The van der Waals surface area contributed by atoms with Crippen molar-refractivity contribution >= 4 is 11.8 Å². The van der Waals surface area contributed by atoms with Crippen LogP contribution in [-0.2, 0) is 9.59 Å². The van der Waals surface area contributed by atoms with Crippen molar-refractivity contribution in [3.05, 3.63) is 0 Å². The number of ketones is 1. The summed E-state index contributed by atoms with van der Waals surface area (Å²) in [6.07, 6.45) is 9.04. The number of aliphatic carboxylic acids is 1. The number of hydrogen-bond donors (Lipinski definition) is 1. The van der Waals surface area contributed by atoms with Crippen molar-refractivity contribution in [3.63, 3.8) is 0 Å². The first-order chi connectivity index (χ1) is 10.7.